The van der Waals surface area contributed by atoms with Crippen LogP contribution in [0.3, 0.4) is 0 Å². The molecule has 16 heavy (non-hydrogen) atoms. The molecule has 2 saturated carbocycles. The Kier molecular flexibility index (Phi) is 4.26. The molecule has 0 aromatic rings. The molecule has 0 spiro atoms. The third kappa shape index (κ3) is 3.46. The van der Waals surface area contributed by atoms with Crippen molar-refractivity contribution in [2.24, 2.45) is 23.5 Å². The van der Waals surface area contributed by atoms with Crippen LogP contribution in [-0.4, -0.2) is 30.6 Å². The van der Waals surface area contributed by atoms with Gasteiger partial charge in [-0.1, -0.05) is 13.8 Å². The summed E-state index contributed by atoms with van der Waals surface area (Å²) in [5.74, 6) is 2.66. The molecule has 2 rings (SSSR count). The maximum Gasteiger partial charge on any atom is 0.00795 e. The lowest BCUT2D eigenvalue weighted by molar-refractivity contribution is 0.162. The van der Waals surface area contributed by atoms with Crippen molar-refractivity contribution < 1.29 is 0 Å². The van der Waals surface area contributed by atoms with Crippen molar-refractivity contribution >= 4 is 0 Å². The molecule has 2 N–H and O–H groups in total. The van der Waals surface area contributed by atoms with Crippen LogP contribution in [0.2, 0.25) is 0 Å². The Morgan fingerprint density at radius 2 is 1.88 bits per heavy atom. The molecule has 3 atom stereocenters. The molecule has 2 nitrogen and oxygen atoms in total. The predicted octanol–water partition coefficient (Wildman–Crippen LogP) is 2.48. The van der Waals surface area contributed by atoms with Crippen LogP contribution >= 0.6 is 0 Å². The molecular weight excluding hydrogens is 196 g/mol. The van der Waals surface area contributed by atoms with E-state index in [2.05, 4.69) is 18.7 Å². The molecule has 3 unspecified atom stereocenters. The van der Waals surface area contributed by atoms with Gasteiger partial charge in [0, 0.05) is 19.1 Å². The van der Waals surface area contributed by atoms with Gasteiger partial charge in [0.2, 0.25) is 0 Å². The SMILES string of the molecule is CCN(CC1CC1)CC1CC(C)CCC1N. The fourth-order valence-corrected chi connectivity index (χ4v) is 3.06. The zero-order valence-electron chi connectivity index (χ0n) is 11.0. The summed E-state index contributed by atoms with van der Waals surface area (Å²) < 4.78 is 0. The third-order valence-electron chi connectivity index (χ3n) is 4.46. The minimum Gasteiger partial charge on any atom is -0.327 e. The first-order chi connectivity index (χ1) is 7.69. The molecule has 0 amide bonds. The molecule has 0 radical (unpaired) electrons. The molecule has 94 valence electrons. The topological polar surface area (TPSA) is 29.3 Å². The van der Waals surface area contributed by atoms with Crippen LogP contribution in [0.15, 0.2) is 0 Å². The van der Waals surface area contributed by atoms with Gasteiger partial charge < -0.3 is 10.6 Å². The van der Waals surface area contributed by atoms with Gasteiger partial charge in [-0.25, -0.2) is 0 Å². The molecule has 0 aliphatic heterocycles. The van der Waals surface area contributed by atoms with Gasteiger partial charge in [0.05, 0.1) is 0 Å². The highest BCUT2D eigenvalue weighted by Gasteiger charge is 2.29. The highest BCUT2D eigenvalue weighted by atomic mass is 15.1. The quantitative estimate of drug-likeness (QED) is 0.777. The Bertz CT molecular complexity index is 213. The fraction of sp³-hybridized carbons (Fsp3) is 1.00. The normalized spacial score (nSPS) is 35.6. The fourth-order valence-electron chi connectivity index (χ4n) is 3.06. The molecule has 2 aliphatic carbocycles. The van der Waals surface area contributed by atoms with Crippen molar-refractivity contribution in [3.63, 3.8) is 0 Å². The predicted molar refractivity (Wildman–Crippen MR) is 69.3 cm³/mol. The number of hydrogen-bond donors (Lipinski definition) is 1. The Hall–Kier alpha value is -0.0800. The average molecular weight is 224 g/mol. The largest absolute Gasteiger partial charge is 0.327 e. The van der Waals surface area contributed by atoms with Crippen molar-refractivity contribution in [3.05, 3.63) is 0 Å². The van der Waals surface area contributed by atoms with Crippen LogP contribution in [0.4, 0.5) is 0 Å². The summed E-state index contributed by atoms with van der Waals surface area (Å²) in [5.41, 5.74) is 6.26. The van der Waals surface area contributed by atoms with Crippen LogP contribution in [0.5, 0.6) is 0 Å². The summed E-state index contributed by atoms with van der Waals surface area (Å²) in [6.07, 6.45) is 6.86. The van der Waals surface area contributed by atoms with E-state index in [0.29, 0.717) is 6.04 Å². The second kappa shape index (κ2) is 5.50. The molecule has 0 aromatic heterocycles. The minimum atomic E-state index is 0.462. The lowest BCUT2D eigenvalue weighted by Crippen LogP contribution is -2.43. The zero-order valence-corrected chi connectivity index (χ0v) is 11.0. The highest BCUT2D eigenvalue weighted by molar-refractivity contribution is 4.85. The molecule has 2 heteroatoms. The molecular formula is C14H28N2. The van der Waals surface area contributed by atoms with E-state index in [9.17, 15) is 0 Å². The lowest BCUT2D eigenvalue weighted by atomic mass is 9.79. The Balaban J connectivity index is 1.79. The summed E-state index contributed by atoms with van der Waals surface area (Å²) in [7, 11) is 0. The minimum absolute atomic E-state index is 0.462. The van der Waals surface area contributed by atoms with Crippen LogP contribution < -0.4 is 5.73 Å². The van der Waals surface area contributed by atoms with Crippen LogP contribution in [0, 0.1) is 17.8 Å². The van der Waals surface area contributed by atoms with Crippen LogP contribution in [0.1, 0.15) is 46.0 Å². The molecule has 0 aromatic carbocycles. The molecule has 2 fully saturated rings. The van der Waals surface area contributed by atoms with Crippen molar-refractivity contribution in [3.8, 4) is 0 Å². The monoisotopic (exact) mass is 224 g/mol. The van der Waals surface area contributed by atoms with Gasteiger partial charge in [0.15, 0.2) is 0 Å². The van der Waals surface area contributed by atoms with Gasteiger partial charge in [0.1, 0.15) is 0 Å². The standard InChI is InChI=1S/C14H28N2/c1-3-16(9-12-5-6-12)10-13-8-11(2)4-7-14(13)15/h11-14H,3-10,15H2,1-2H3. The second-order valence-electron chi connectivity index (χ2n) is 6.14. The van der Waals surface area contributed by atoms with Crippen molar-refractivity contribution in [1.82, 2.24) is 4.90 Å². The molecule has 0 saturated heterocycles. The first-order valence-corrected chi connectivity index (χ1v) is 7.17. The molecule has 2 aliphatic rings. The zero-order chi connectivity index (χ0) is 11.5. The number of nitrogens with two attached hydrogens (primary N) is 1. The van der Waals surface area contributed by atoms with Crippen molar-refractivity contribution in [1.29, 1.82) is 0 Å². The van der Waals surface area contributed by atoms with Gasteiger partial charge in [-0.15, -0.1) is 0 Å². The Morgan fingerprint density at radius 1 is 1.12 bits per heavy atom. The summed E-state index contributed by atoms with van der Waals surface area (Å²) in [4.78, 5) is 2.64. The number of nitrogens with zero attached hydrogens (tertiary/aromatic N) is 1. The van der Waals surface area contributed by atoms with Crippen LogP contribution in [-0.2, 0) is 0 Å². The van der Waals surface area contributed by atoms with E-state index >= 15 is 0 Å². The van der Waals surface area contributed by atoms with E-state index in [0.717, 1.165) is 17.8 Å². The maximum absolute atomic E-state index is 6.26. The van der Waals surface area contributed by atoms with Gasteiger partial charge in [-0.2, -0.15) is 0 Å². The highest BCUT2D eigenvalue weighted by Crippen LogP contribution is 2.32. The van der Waals surface area contributed by atoms with Crippen LogP contribution in [0.25, 0.3) is 0 Å². The van der Waals surface area contributed by atoms with E-state index in [4.69, 9.17) is 5.73 Å². The second-order valence-corrected chi connectivity index (χ2v) is 6.14. The Labute approximate surface area is 101 Å². The smallest absolute Gasteiger partial charge is 0.00795 e. The van der Waals surface area contributed by atoms with E-state index in [1.807, 2.05) is 0 Å². The van der Waals surface area contributed by atoms with E-state index in [1.54, 1.807) is 0 Å². The van der Waals surface area contributed by atoms with E-state index < -0.39 is 0 Å². The first kappa shape index (κ1) is 12.4. The summed E-state index contributed by atoms with van der Waals surface area (Å²) in [5, 5.41) is 0. The lowest BCUT2D eigenvalue weighted by Gasteiger charge is -2.36. The maximum atomic E-state index is 6.26. The molecule has 0 heterocycles. The molecule has 0 bridgehead atoms. The van der Waals surface area contributed by atoms with Gasteiger partial charge >= 0.3 is 0 Å². The number of hydrogen-bond acceptors (Lipinski definition) is 2. The third-order valence-corrected chi connectivity index (χ3v) is 4.46. The summed E-state index contributed by atoms with van der Waals surface area (Å²) in [6.45, 7) is 8.46. The van der Waals surface area contributed by atoms with Crippen molar-refractivity contribution in [2.75, 3.05) is 19.6 Å². The van der Waals surface area contributed by atoms with E-state index in [-0.39, 0.29) is 0 Å². The summed E-state index contributed by atoms with van der Waals surface area (Å²) >= 11 is 0. The van der Waals surface area contributed by atoms with Gasteiger partial charge in [-0.3, -0.25) is 0 Å². The average Bonchev–Trinajstić information content (AvgIpc) is 3.06. The number of rotatable bonds is 5. The summed E-state index contributed by atoms with van der Waals surface area (Å²) in [6, 6.07) is 0.462. The Morgan fingerprint density at radius 3 is 2.50 bits per heavy atom. The first-order valence-electron chi connectivity index (χ1n) is 7.17. The van der Waals surface area contributed by atoms with Gasteiger partial charge in [-0.05, 0) is 56.4 Å². The van der Waals surface area contributed by atoms with E-state index in [1.165, 1.54) is 51.7 Å². The van der Waals surface area contributed by atoms with Crippen molar-refractivity contribution in [2.45, 2.75) is 52.0 Å². The van der Waals surface area contributed by atoms with Gasteiger partial charge in [0.25, 0.3) is 0 Å².